The van der Waals surface area contributed by atoms with Crippen molar-refractivity contribution >= 4 is 17.7 Å². The lowest BCUT2D eigenvalue weighted by molar-refractivity contribution is -0.319. The van der Waals surface area contributed by atoms with Crippen LogP contribution in [0.3, 0.4) is 0 Å². The Bertz CT molecular complexity index is 754. The summed E-state index contributed by atoms with van der Waals surface area (Å²) in [5.41, 5.74) is -2.44. The lowest BCUT2D eigenvalue weighted by Gasteiger charge is -2.58. The highest BCUT2D eigenvalue weighted by Gasteiger charge is 2.65. The molecular weight excluding hydrogens is 376 g/mol. The predicted octanol–water partition coefficient (Wildman–Crippen LogP) is 3.77. The summed E-state index contributed by atoms with van der Waals surface area (Å²) >= 11 is 0. The van der Waals surface area contributed by atoms with Crippen LogP contribution in [0.5, 0.6) is 0 Å². The third-order valence-electron chi connectivity index (χ3n) is 6.87. The van der Waals surface area contributed by atoms with Crippen molar-refractivity contribution in [2.45, 2.75) is 84.5 Å². The highest BCUT2D eigenvalue weighted by Crippen LogP contribution is 2.58. The third-order valence-corrected chi connectivity index (χ3v) is 6.87. The number of fused-ring (bicyclic) bond motifs is 1. The van der Waals surface area contributed by atoms with E-state index in [4.69, 9.17) is 14.4 Å². The molecule has 0 aromatic heterocycles. The van der Waals surface area contributed by atoms with Gasteiger partial charge in [0.15, 0.2) is 11.4 Å². The minimum absolute atomic E-state index is 0.0780. The number of carbonyl (C=O) groups is 3. The molecule has 162 valence electrons. The van der Waals surface area contributed by atoms with E-state index in [2.05, 4.69) is 6.58 Å². The predicted molar refractivity (Wildman–Crippen MR) is 106 cm³/mol. The van der Waals surface area contributed by atoms with E-state index < -0.39 is 40.6 Å². The van der Waals surface area contributed by atoms with Crippen LogP contribution in [-0.4, -0.2) is 40.3 Å². The van der Waals surface area contributed by atoms with Crippen LogP contribution >= 0.6 is 0 Å². The van der Waals surface area contributed by atoms with Gasteiger partial charge in [-0.1, -0.05) is 19.6 Å². The Labute approximate surface area is 172 Å². The van der Waals surface area contributed by atoms with Crippen LogP contribution in [0.1, 0.15) is 67.2 Å². The maximum Gasteiger partial charge on any atom is 0.333 e. The van der Waals surface area contributed by atoms with E-state index in [-0.39, 0.29) is 18.6 Å². The Balaban J connectivity index is 2.53. The average molecular weight is 408 g/mol. The molecule has 0 aromatic carbocycles. The first-order chi connectivity index (χ1) is 13.4. The second kappa shape index (κ2) is 8.03. The molecule has 0 radical (unpaired) electrons. The molecule has 0 aromatic rings. The summed E-state index contributed by atoms with van der Waals surface area (Å²) in [5.74, 6) is -1.64. The highest BCUT2D eigenvalue weighted by atomic mass is 17.1. The van der Waals surface area contributed by atoms with E-state index in [1.807, 2.05) is 6.92 Å². The summed E-state index contributed by atoms with van der Waals surface area (Å²) in [4.78, 5) is 42.1. The van der Waals surface area contributed by atoms with Crippen LogP contribution in [0, 0.1) is 11.3 Å². The Morgan fingerprint density at radius 1 is 1.24 bits per heavy atom. The van der Waals surface area contributed by atoms with Crippen molar-refractivity contribution in [3.05, 3.63) is 23.8 Å². The molecule has 2 aliphatic rings. The van der Waals surface area contributed by atoms with Gasteiger partial charge in [-0.25, -0.2) is 9.68 Å². The van der Waals surface area contributed by atoms with Gasteiger partial charge in [-0.15, -0.1) is 0 Å². The largest absolute Gasteiger partial charge is 0.455 e. The van der Waals surface area contributed by atoms with Crippen LogP contribution in [0.4, 0.5) is 0 Å². The van der Waals surface area contributed by atoms with Crippen molar-refractivity contribution in [1.82, 2.24) is 0 Å². The van der Waals surface area contributed by atoms with Crippen molar-refractivity contribution in [1.29, 1.82) is 0 Å². The second-order valence-electron chi connectivity index (χ2n) is 8.89. The van der Waals surface area contributed by atoms with Crippen molar-refractivity contribution in [3.63, 3.8) is 0 Å². The second-order valence-corrected chi connectivity index (χ2v) is 8.89. The first kappa shape index (κ1) is 23.3. The van der Waals surface area contributed by atoms with Gasteiger partial charge in [0.2, 0.25) is 0 Å². The molecule has 0 aliphatic heterocycles. The number of allylic oxidation sites excluding steroid dienone is 1. The molecule has 2 aliphatic carbocycles. The summed E-state index contributed by atoms with van der Waals surface area (Å²) in [6.45, 7) is 13.9. The Kier molecular flexibility index (Phi) is 6.45. The number of carbonyl (C=O) groups excluding carboxylic acids is 3. The van der Waals surface area contributed by atoms with Gasteiger partial charge >= 0.3 is 11.9 Å². The summed E-state index contributed by atoms with van der Waals surface area (Å²) in [7, 11) is 0. The molecular formula is C22H32O7. The van der Waals surface area contributed by atoms with E-state index in [1.165, 1.54) is 6.92 Å². The standard InChI is InChI=1S/C22H32O7/c1-8-14(4)19(25)27-18-9-10-20(6)12-17(24)22(29-26,13(2)3)11-16(20)21(18,7)28-15(5)23/h8,16,18,26H,2,9-12H2,1,3-7H3/b14-8-/t16-,18-,20-,21+,22+/m1/s1. The number of esters is 2. The van der Waals surface area contributed by atoms with E-state index >= 15 is 0 Å². The van der Waals surface area contributed by atoms with Crippen molar-refractivity contribution in [2.75, 3.05) is 0 Å². The van der Waals surface area contributed by atoms with Gasteiger partial charge < -0.3 is 9.47 Å². The van der Waals surface area contributed by atoms with E-state index in [0.29, 0.717) is 24.0 Å². The number of hydrogen-bond acceptors (Lipinski definition) is 7. The Morgan fingerprint density at radius 2 is 1.86 bits per heavy atom. The molecule has 2 saturated carbocycles. The molecule has 0 amide bonds. The molecule has 2 fully saturated rings. The van der Waals surface area contributed by atoms with Crippen molar-refractivity contribution in [3.8, 4) is 0 Å². The van der Waals surface area contributed by atoms with Gasteiger partial charge in [-0.3, -0.25) is 14.8 Å². The summed E-state index contributed by atoms with van der Waals surface area (Å²) in [6, 6.07) is 0. The van der Waals surface area contributed by atoms with Gasteiger partial charge in [0, 0.05) is 24.8 Å². The lowest BCUT2D eigenvalue weighted by atomic mass is 9.51. The Morgan fingerprint density at radius 3 is 2.34 bits per heavy atom. The zero-order valence-corrected chi connectivity index (χ0v) is 18.2. The molecule has 7 nitrogen and oxygen atoms in total. The fourth-order valence-electron chi connectivity index (χ4n) is 4.95. The van der Waals surface area contributed by atoms with E-state index in [9.17, 15) is 19.6 Å². The first-order valence-corrected chi connectivity index (χ1v) is 9.91. The number of rotatable bonds is 5. The van der Waals surface area contributed by atoms with Gasteiger partial charge in [0.05, 0.1) is 0 Å². The summed E-state index contributed by atoms with van der Waals surface area (Å²) in [5, 5.41) is 9.64. The minimum Gasteiger partial charge on any atom is -0.455 e. The molecule has 0 bridgehead atoms. The molecule has 29 heavy (non-hydrogen) atoms. The zero-order valence-electron chi connectivity index (χ0n) is 18.2. The number of ketones is 1. The van der Waals surface area contributed by atoms with E-state index in [1.54, 1.807) is 33.8 Å². The zero-order chi connectivity index (χ0) is 22.2. The quantitative estimate of drug-likeness (QED) is 0.243. The number of Topliss-reactive ketones (excluding diaryl/α,β-unsaturated/α-hetero) is 1. The smallest absolute Gasteiger partial charge is 0.333 e. The first-order valence-electron chi connectivity index (χ1n) is 9.91. The topological polar surface area (TPSA) is 99.1 Å². The average Bonchev–Trinajstić information content (AvgIpc) is 2.62. The molecule has 5 atom stereocenters. The molecule has 7 heteroatoms. The fourth-order valence-corrected chi connectivity index (χ4v) is 4.95. The summed E-state index contributed by atoms with van der Waals surface area (Å²) < 4.78 is 11.5. The Hall–Kier alpha value is -1.99. The fraction of sp³-hybridized carbons (Fsp3) is 0.682. The van der Waals surface area contributed by atoms with Gasteiger partial charge in [0.1, 0.15) is 11.7 Å². The van der Waals surface area contributed by atoms with Crippen LogP contribution < -0.4 is 0 Å². The normalized spacial score (nSPS) is 37.5. The minimum atomic E-state index is -1.57. The number of ether oxygens (including phenoxy) is 2. The molecule has 2 rings (SSSR count). The molecule has 0 unspecified atom stereocenters. The van der Waals surface area contributed by atoms with Crippen LogP contribution in [-0.2, 0) is 28.7 Å². The lowest BCUT2D eigenvalue weighted by Crippen LogP contribution is -2.65. The monoisotopic (exact) mass is 408 g/mol. The molecule has 0 spiro atoms. The summed E-state index contributed by atoms with van der Waals surface area (Å²) in [6.07, 6.45) is 2.23. The highest BCUT2D eigenvalue weighted by molar-refractivity contribution is 5.92. The third kappa shape index (κ3) is 3.90. The van der Waals surface area contributed by atoms with Crippen LogP contribution in [0.15, 0.2) is 23.8 Å². The van der Waals surface area contributed by atoms with Crippen LogP contribution in [0.25, 0.3) is 0 Å². The molecule has 0 saturated heterocycles. The van der Waals surface area contributed by atoms with Gasteiger partial charge in [0.25, 0.3) is 0 Å². The van der Waals surface area contributed by atoms with Gasteiger partial charge in [-0.05, 0) is 57.9 Å². The molecule has 1 N–H and O–H groups in total. The molecule has 0 heterocycles. The van der Waals surface area contributed by atoms with Gasteiger partial charge in [-0.2, -0.15) is 0 Å². The maximum atomic E-state index is 12.9. The van der Waals surface area contributed by atoms with E-state index in [0.717, 1.165) is 0 Å². The maximum absolute atomic E-state index is 12.9. The SMILES string of the molecule is C=C(C)[C@@]1(OO)C[C@@H]2[C@](C)(CC[C@@H](OC(=O)/C(C)=C\C)[C@@]2(C)OC(C)=O)CC1=O. The number of hydrogen-bond donors (Lipinski definition) is 1. The van der Waals surface area contributed by atoms with Crippen LogP contribution in [0.2, 0.25) is 0 Å². The van der Waals surface area contributed by atoms with Crippen molar-refractivity contribution < 1.29 is 34.0 Å². The van der Waals surface area contributed by atoms with Crippen molar-refractivity contribution in [2.24, 2.45) is 11.3 Å².